The smallest absolute Gasteiger partial charge is 0.401 e. The molecule has 15 heavy (non-hydrogen) atoms. The third-order valence-electron chi connectivity index (χ3n) is 2.69. The van der Waals surface area contributed by atoms with Crippen molar-refractivity contribution >= 4 is 5.97 Å². The molecule has 1 N–H and O–H groups in total. The van der Waals surface area contributed by atoms with E-state index in [1.54, 1.807) is 0 Å². The molecule has 0 aromatic carbocycles. The van der Waals surface area contributed by atoms with E-state index in [0.29, 0.717) is 19.4 Å². The number of nitrogens with zero attached hydrogens (tertiary/aromatic N) is 1. The van der Waals surface area contributed by atoms with Gasteiger partial charge in [0.1, 0.15) is 0 Å². The molecule has 0 spiro atoms. The Morgan fingerprint density at radius 1 is 1.53 bits per heavy atom. The van der Waals surface area contributed by atoms with Crippen LogP contribution < -0.4 is 0 Å². The first kappa shape index (κ1) is 12.3. The van der Waals surface area contributed by atoms with Gasteiger partial charge in [-0.2, -0.15) is 13.2 Å². The number of piperidine rings is 1. The number of aliphatic carboxylic acids is 1. The molecule has 0 bridgehead atoms. The predicted octanol–water partition coefficient (Wildman–Crippen LogP) is 1.74. The zero-order valence-corrected chi connectivity index (χ0v) is 8.47. The Morgan fingerprint density at radius 3 is 2.60 bits per heavy atom. The minimum atomic E-state index is -4.25. The molecule has 88 valence electrons. The number of carbonyl (C=O) groups is 1. The molecule has 0 radical (unpaired) electrons. The fourth-order valence-electron chi connectivity index (χ4n) is 1.91. The van der Waals surface area contributed by atoms with Crippen LogP contribution in [0.3, 0.4) is 0 Å². The summed E-state index contributed by atoms with van der Waals surface area (Å²) in [4.78, 5) is 12.0. The Labute approximate surface area is 85.9 Å². The SMILES string of the molecule is CC1(C(=O)O)CCCN(CC(F)(F)F)C1. The minimum absolute atomic E-state index is 0.0259. The average Bonchev–Trinajstić information content (AvgIpc) is 2.00. The van der Waals surface area contributed by atoms with Crippen molar-refractivity contribution in [1.29, 1.82) is 0 Å². The highest BCUT2D eigenvalue weighted by molar-refractivity contribution is 5.74. The molecule has 0 aromatic rings. The van der Waals surface area contributed by atoms with Gasteiger partial charge in [-0.15, -0.1) is 0 Å². The number of hydrogen-bond donors (Lipinski definition) is 1. The van der Waals surface area contributed by atoms with Crippen LogP contribution in [-0.2, 0) is 4.79 Å². The molecule has 1 fully saturated rings. The molecule has 1 atom stereocenters. The van der Waals surface area contributed by atoms with Crippen molar-refractivity contribution in [3.05, 3.63) is 0 Å². The zero-order chi connectivity index (χ0) is 11.7. The summed E-state index contributed by atoms with van der Waals surface area (Å²) in [6.45, 7) is 0.776. The summed E-state index contributed by atoms with van der Waals surface area (Å²) >= 11 is 0. The summed E-state index contributed by atoms with van der Waals surface area (Å²) < 4.78 is 36.3. The van der Waals surface area contributed by atoms with Gasteiger partial charge in [-0.05, 0) is 26.3 Å². The Bertz CT molecular complexity index is 254. The monoisotopic (exact) mass is 225 g/mol. The maximum absolute atomic E-state index is 12.1. The van der Waals surface area contributed by atoms with Gasteiger partial charge in [-0.1, -0.05) is 0 Å². The fraction of sp³-hybridized carbons (Fsp3) is 0.889. The van der Waals surface area contributed by atoms with Gasteiger partial charge in [0, 0.05) is 6.54 Å². The van der Waals surface area contributed by atoms with Gasteiger partial charge >= 0.3 is 12.1 Å². The van der Waals surface area contributed by atoms with E-state index >= 15 is 0 Å². The summed E-state index contributed by atoms with van der Waals surface area (Å²) in [6, 6.07) is 0. The lowest BCUT2D eigenvalue weighted by atomic mass is 9.82. The van der Waals surface area contributed by atoms with E-state index in [4.69, 9.17) is 5.11 Å². The van der Waals surface area contributed by atoms with Gasteiger partial charge < -0.3 is 5.11 Å². The topological polar surface area (TPSA) is 40.5 Å². The van der Waals surface area contributed by atoms with E-state index in [-0.39, 0.29) is 6.54 Å². The predicted molar refractivity (Wildman–Crippen MR) is 47.5 cm³/mol. The van der Waals surface area contributed by atoms with Crippen molar-refractivity contribution < 1.29 is 23.1 Å². The van der Waals surface area contributed by atoms with Gasteiger partial charge in [0.05, 0.1) is 12.0 Å². The Balaban J connectivity index is 2.60. The highest BCUT2D eigenvalue weighted by Gasteiger charge is 2.41. The lowest BCUT2D eigenvalue weighted by Gasteiger charge is -2.37. The summed E-state index contributed by atoms with van der Waals surface area (Å²) in [5.41, 5.74) is -1.04. The molecule has 0 amide bonds. The first-order valence-electron chi connectivity index (χ1n) is 4.75. The molecule has 6 heteroatoms. The molecule has 3 nitrogen and oxygen atoms in total. The molecule has 1 unspecified atom stereocenters. The van der Waals surface area contributed by atoms with Crippen LogP contribution in [0.15, 0.2) is 0 Å². The van der Waals surface area contributed by atoms with Crippen LogP contribution in [0.25, 0.3) is 0 Å². The van der Waals surface area contributed by atoms with Crippen molar-refractivity contribution in [3.63, 3.8) is 0 Å². The second-order valence-electron chi connectivity index (χ2n) is 4.30. The molecule has 1 aliphatic rings. The summed E-state index contributed by atoms with van der Waals surface area (Å²) in [5.74, 6) is -1.02. The van der Waals surface area contributed by atoms with Crippen LogP contribution >= 0.6 is 0 Å². The summed E-state index contributed by atoms with van der Waals surface area (Å²) in [7, 11) is 0. The standard InChI is InChI=1S/C9H14F3NO2/c1-8(7(14)15)3-2-4-13(5-8)6-9(10,11)12/h2-6H2,1H3,(H,14,15). The third kappa shape index (κ3) is 3.37. The quantitative estimate of drug-likeness (QED) is 0.778. The van der Waals surface area contributed by atoms with Crippen molar-refractivity contribution in [2.45, 2.75) is 25.9 Å². The number of likely N-dealkylation sites (tertiary alicyclic amines) is 1. The van der Waals surface area contributed by atoms with Crippen LogP contribution in [0, 0.1) is 5.41 Å². The van der Waals surface area contributed by atoms with Crippen molar-refractivity contribution in [1.82, 2.24) is 4.90 Å². The number of carboxylic acid groups (broad SMARTS) is 1. The molecule has 0 aromatic heterocycles. The van der Waals surface area contributed by atoms with Gasteiger partial charge in [0.2, 0.25) is 0 Å². The Morgan fingerprint density at radius 2 is 2.13 bits per heavy atom. The number of carboxylic acids is 1. The molecular weight excluding hydrogens is 211 g/mol. The lowest BCUT2D eigenvalue weighted by molar-refractivity contribution is -0.164. The maximum atomic E-state index is 12.1. The third-order valence-corrected chi connectivity index (χ3v) is 2.69. The van der Waals surface area contributed by atoms with Gasteiger partial charge in [-0.25, -0.2) is 0 Å². The van der Waals surface area contributed by atoms with Crippen LogP contribution in [-0.4, -0.2) is 41.8 Å². The first-order valence-corrected chi connectivity index (χ1v) is 4.75. The highest BCUT2D eigenvalue weighted by atomic mass is 19.4. The first-order chi connectivity index (χ1) is 6.73. The van der Waals surface area contributed by atoms with Crippen LogP contribution in [0.1, 0.15) is 19.8 Å². The Hall–Kier alpha value is -0.780. The largest absolute Gasteiger partial charge is 0.481 e. The van der Waals surface area contributed by atoms with Crippen molar-refractivity contribution in [3.8, 4) is 0 Å². The van der Waals surface area contributed by atoms with Crippen molar-refractivity contribution in [2.24, 2.45) is 5.41 Å². The molecule has 1 rings (SSSR count). The second-order valence-corrected chi connectivity index (χ2v) is 4.30. The van der Waals surface area contributed by atoms with Crippen LogP contribution in [0.5, 0.6) is 0 Å². The summed E-state index contributed by atoms with van der Waals surface area (Å²) in [5, 5.41) is 8.91. The van der Waals surface area contributed by atoms with Crippen LogP contribution in [0.4, 0.5) is 13.2 Å². The van der Waals surface area contributed by atoms with Gasteiger partial charge in [0.25, 0.3) is 0 Å². The molecule has 0 saturated carbocycles. The van der Waals surface area contributed by atoms with Crippen molar-refractivity contribution in [2.75, 3.05) is 19.6 Å². The van der Waals surface area contributed by atoms with E-state index in [0.717, 1.165) is 4.90 Å². The maximum Gasteiger partial charge on any atom is 0.401 e. The van der Waals surface area contributed by atoms with E-state index in [9.17, 15) is 18.0 Å². The number of hydrogen-bond acceptors (Lipinski definition) is 2. The normalized spacial score (nSPS) is 29.1. The average molecular weight is 225 g/mol. The number of rotatable bonds is 2. The number of halogens is 3. The molecule has 0 aliphatic carbocycles. The highest BCUT2D eigenvalue weighted by Crippen LogP contribution is 2.31. The van der Waals surface area contributed by atoms with Crippen LogP contribution in [0.2, 0.25) is 0 Å². The second kappa shape index (κ2) is 4.00. The lowest BCUT2D eigenvalue weighted by Crippen LogP contribution is -2.48. The van der Waals surface area contributed by atoms with Gasteiger partial charge in [-0.3, -0.25) is 9.69 Å². The van der Waals surface area contributed by atoms with E-state index in [2.05, 4.69) is 0 Å². The van der Waals surface area contributed by atoms with E-state index in [1.807, 2.05) is 0 Å². The van der Waals surface area contributed by atoms with E-state index in [1.165, 1.54) is 6.92 Å². The summed E-state index contributed by atoms with van der Waals surface area (Å²) in [6.07, 6.45) is -3.31. The molecule has 1 aliphatic heterocycles. The minimum Gasteiger partial charge on any atom is -0.481 e. The Kier molecular flexibility index (Phi) is 3.28. The van der Waals surface area contributed by atoms with Gasteiger partial charge in [0.15, 0.2) is 0 Å². The zero-order valence-electron chi connectivity index (χ0n) is 8.47. The van der Waals surface area contributed by atoms with E-state index < -0.39 is 24.1 Å². The number of alkyl halides is 3. The molecule has 1 saturated heterocycles. The fourth-order valence-corrected chi connectivity index (χ4v) is 1.91. The molecule has 1 heterocycles. The molecular formula is C9H14F3NO2.